The van der Waals surface area contributed by atoms with Gasteiger partial charge in [0.2, 0.25) is 0 Å². The topological polar surface area (TPSA) is 75.7 Å². The number of esters is 1. The van der Waals surface area contributed by atoms with Crippen molar-refractivity contribution in [2.75, 3.05) is 20.2 Å². The van der Waals surface area contributed by atoms with Crippen molar-refractivity contribution < 1.29 is 17.9 Å². The van der Waals surface area contributed by atoms with Crippen LogP contribution in [0.1, 0.15) is 34.1 Å². The van der Waals surface area contributed by atoms with Crippen LogP contribution in [0.15, 0.2) is 0 Å². The number of carbonyl (C=O) groups is 1. The third-order valence-corrected chi connectivity index (χ3v) is 5.33. The molecule has 0 spiro atoms. The van der Waals surface area contributed by atoms with Crippen LogP contribution < -0.4 is 4.72 Å². The molecule has 0 aliphatic carbocycles. The summed E-state index contributed by atoms with van der Waals surface area (Å²) in [5.74, 6) is -0.788. The van der Waals surface area contributed by atoms with Crippen LogP contribution in [-0.4, -0.2) is 44.9 Å². The van der Waals surface area contributed by atoms with Gasteiger partial charge in [-0.3, -0.25) is 4.79 Å². The fraction of sp³-hybridized carbons (Fsp3) is 0.917. The van der Waals surface area contributed by atoms with Crippen LogP contribution >= 0.6 is 0 Å². The number of ether oxygens (including phenoxy) is 1. The van der Waals surface area contributed by atoms with E-state index in [1.165, 1.54) is 11.4 Å². The van der Waals surface area contributed by atoms with Crippen molar-refractivity contribution in [3.63, 3.8) is 0 Å². The molecule has 0 saturated carbocycles. The molecule has 1 unspecified atom stereocenters. The monoisotopic (exact) mass is 292 g/mol. The van der Waals surface area contributed by atoms with E-state index in [0.29, 0.717) is 13.0 Å². The number of methoxy groups -OCH3 is 1. The van der Waals surface area contributed by atoms with E-state index in [1.54, 1.807) is 13.8 Å². The van der Waals surface area contributed by atoms with Gasteiger partial charge in [0, 0.05) is 19.1 Å². The quantitative estimate of drug-likeness (QED) is 0.776. The van der Waals surface area contributed by atoms with Gasteiger partial charge in [-0.15, -0.1) is 0 Å². The summed E-state index contributed by atoms with van der Waals surface area (Å²) in [5, 5.41) is 0. The highest BCUT2D eigenvalue weighted by atomic mass is 32.2. The van der Waals surface area contributed by atoms with E-state index in [0.717, 1.165) is 0 Å². The minimum absolute atomic E-state index is 0.168. The largest absolute Gasteiger partial charge is 0.469 e. The normalized spacial score (nSPS) is 24.4. The van der Waals surface area contributed by atoms with Gasteiger partial charge in [0.15, 0.2) is 0 Å². The molecule has 1 atom stereocenters. The lowest BCUT2D eigenvalue weighted by molar-refractivity contribution is -0.151. The van der Waals surface area contributed by atoms with Crippen molar-refractivity contribution in [2.24, 2.45) is 11.3 Å². The molecule has 0 aromatic carbocycles. The van der Waals surface area contributed by atoms with Crippen molar-refractivity contribution in [1.82, 2.24) is 9.03 Å². The van der Waals surface area contributed by atoms with E-state index in [9.17, 15) is 13.2 Å². The van der Waals surface area contributed by atoms with Crippen LogP contribution in [0.3, 0.4) is 0 Å². The number of rotatable bonds is 4. The van der Waals surface area contributed by atoms with Crippen LogP contribution in [0.5, 0.6) is 0 Å². The zero-order valence-corrected chi connectivity index (χ0v) is 13.1. The Kier molecular flexibility index (Phi) is 4.97. The Balaban J connectivity index is 2.90. The van der Waals surface area contributed by atoms with Crippen LogP contribution in [-0.2, 0) is 19.7 Å². The van der Waals surface area contributed by atoms with Crippen LogP contribution in [0.4, 0.5) is 0 Å². The zero-order chi connectivity index (χ0) is 14.8. The van der Waals surface area contributed by atoms with Crippen LogP contribution in [0.2, 0.25) is 0 Å². The van der Waals surface area contributed by atoms with E-state index >= 15 is 0 Å². The molecule has 1 N–H and O–H groups in total. The number of hydrogen-bond donors (Lipinski definition) is 1. The Hall–Kier alpha value is -0.660. The molecular formula is C12H24N2O4S. The Labute approximate surface area is 115 Å². The van der Waals surface area contributed by atoms with Gasteiger partial charge in [-0.25, -0.2) is 0 Å². The molecule has 1 heterocycles. The molecule has 1 saturated heterocycles. The molecule has 112 valence electrons. The molecule has 19 heavy (non-hydrogen) atoms. The summed E-state index contributed by atoms with van der Waals surface area (Å²) in [6.45, 7) is 8.06. The molecule has 1 fully saturated rings. The molecule has 7 heteroatoms. The second-order valence-electron chi connectivity index (χ2n) is 5.95. The minimum atomic E-state index is -3.53. The predicted octanol–water partition coefficient (Wildman–Crippen LogP) is 0.750. The molecule has 6 nitrogen and oxygen atoms in total. The Bertz CT molecular complexity index is 431. The van der Waals surface area contributed by atoms with Crippen molar-refractivity contribution >= 4 is 16.2 Å². The maximum Gasteiger partial charge on any atom is 0.310 e. The third kappa shape index (κ3) is 3.90. The van der Waals surface area contributed by atoms with E-state index in [1.807, 2.05) is 13.8 Å². The van der Waals surface area contributed by atoms with Crippen LogP contribution in [0, 0.1) is 11.3 Å². The van der Waals surface area contributed by atoms with Gasteiger partial charge in [0.25, 0.3) is 10.2 Å². The van der Waals surface area contributed by atoms with E-state index < -0.39 is 16.1 Å². The highest BCUT2D eigenvalue weighted by molar-refractivity contribution is 7.87. The SMILES string of the molecule is COC(=O)C1CN(S(=O)(=O)NC(C)C)CCC1(C)C. The van der Waals surface area contributed by atoms with E-state index in [-0.39, 0.29) is 24.0 Å². The number of hydrogen-bond acceptors (Lipinski definition) is 4. The van der Waals surface area contributed by atoms with Crippen LogP contribution in [0.25, 0.3) is 0 Å². The highest BCUT2D eigenvalue weighted by Gasteiger charge is 2.43. The molecule has 1 aliphatic rings. The van der Waals surface area contributed by atoms with E-state index in [4.69, 9.17) is 4.74 Å². The Morgan fingerprint density at radius 1 is 1.42 bits per heavy atom. The average molecular weight is 292 g/mol. The summed E-state index contributed by atoms with van der Waals surface area (Å²) >= 11 is 0. The summed E-state index contributed by atoms with van der Waals surface area (Å²) in [6, 6.07) is -0.170. The van der Waals surface area contributed by atoms with E-state index in [2.05, 4.69) is 4.72 Å². The first kappa shape index (κ1) is 16.4. The molecule has 0 bridgehead atoms. The first-order valence-corrected chi connectivity index (χ1v) is 7.89. The smallest absolute Gasteiger partial charge is 0.310 e. The molecular weight excluding hydrogens is 268 g/mol. The first-order valence-electron chi connectivity index (χ1n) is 6.45. The maximum atomic E-state index is 12.1. The average Bonchev–Trinajstić information content (AvgIpc) is 2.25. The van der Waals surface area contributed by atoms with Gasteiger partial charge in [-0.1, -0.05) is 13.8 Å². The molecule has 0 radical (unpaired) electrons. The third-order valence-electron chi connectivity index (χ3n) is 3.55. The summed E-state index contributed by atoms with van der Waals surface area (Å²) in [4.78, 5) is 11.8. The van der Waals surface area contributed by atoms with Crippen molar-refractivity contribution in [3.05, 3.63) is 0 Å². The molecule has 0 amide bonds. The van der Waals surface area contributed by atoms with Gasteiger partial charge < -0.3 is 4.74 Å². The second kappa shape index (κ2) is 5.76. The van der Waals surface area contributed by atoms with Gasteiger partial charge in [-0.05, 0) is 25.7 Å². The number of carbonyl (C=O) groups excluding carboxylic acids is 1. The predicted molar refractivity (Wildman–Crippen MR) is 72.7 cm³/mol. The summed E-state index contributed by atoms with van der Waals surface area (Å²) in [7, 11) is -2.20. The maximum absolute atomic E-state index is 12.1. The minimum Gasteiger partial charge on any atom is -0.469 e. The van der Waals surface area contributed by atoms with Crippen molar-refractivity contribution in [3.8, 4) is 0 Å². The molecule has 0 aromatic heterocycles. The van der Waals surface area contributed by atoms with Gasteiger partial charge in [-0.2, -0.15) is 17.4 Å². The fourth-order valence-electron chi connectivity index (χ4n) is 2.26. The Morgan fingerprint density at radius 3 is 2.47 bits per heavy atom. The number of nitrogens with one attached hydrogen (secondary N) is 1. The van der Waals surface area contributed by atoms with Gasteiger partial charge in [0.05, 0.1) is 13.0 Å². The standard InChI is InChI=1S/C12H24N2O4S/c1-9(2)13-19(16,17)14-7-6-12(3,4)10(8-14)11(15)18-5/h9-10,13H,6-8H2,1-5H3. The summed E-state index contributed by atoms with van der Waals surface area (Å²) < 4.78 is 32.9. The zero-order valence-electron chi connectivity index (χ0n) is 12.3. The fourth-order valence-corrected chi connectivity index (χ4v) is 3.68. The second-order valence-corrected chi connectivity index (χ2v) is 7.65. The van der Waals surface area contributed by atoms with Crippen molar-refractivity contribution in [1.29, 1.82) is 0 Å². The van der Waals surface area contributed by atoms with Crippen molar-refractivity contribution in [2.45, 2.75) is 40.2 Å². The first-order chi connectivity index (χ1) is 8.60. The van der Waals surface area contributed by atoms with Gasteiger partial charge >= 0.3 is 5.97 Å². The molecule has 1 rings (SSSR count). The number of nitrogens with zero attached hydrogens (tertiary/aromatic N) is 1. The Morgan fingerprint density at radius 2 is 2.00 bits per heavy atom. The molecule has 1 aliphatic heterocycles. The summed E-state index contributed by atoms with van der Waals surface area (Å²) in [5.41, 5.74) is -0.253. The highest BCUT2D eigenvalue weighted by Crippen LogP contribution is 2.37. The van der Waals surface area contributed by atoms with Gasteiger partial charge in [0.1, 0.15) is 0 Å². The lowest BCUT2D eigenvalue weighted by Crippen LogP contribution is -2.54. The number of piperidine rings is 1. The summed E-state index contributed by atoms with van der Waals surface area (Å²) in [6.07, 6.45) is 0.631. The lowest BCUT2D eigenvalue weighted by Gasteiger charge is -2.41. The lowest BCUT2D eigenvalue weighted by atomic mass is 9.74. The molecule has 0 aromatic rings.